The Labute approximate surface area is 167 Å². The molecule has 4 aromatic rings. The van der Waals surface area contributed by atoms with Gasteiger partial charge in [-0.15, -0.1) is 0 Å². The smallest absolute Gasteiger partial charge is 0.256 e. The van der Waals surface area contributed by atoms with E-state index in [1.165, 1.54) is 12.4 Å². The molecule has 0 aliphatic rings. The number of carbonyl (C=O) groups is 1. The SMILES string of the molecule is CC(NC(=O)c1c(O)c(-c2ccccc2)nc2ccccc12)c1ccc[n+]([O-])c1. The topological polar surface area (TPSA) is 89.2 Å². The number of pyridine rings is 2. The van der Waals surface area contributed by atoms with Crippen LogP contribution < -0.4 is 10.0 Å². The zero-order valence-electron chi connectivity index (χ0n) is 15.7. The molecule has 1 amide bonds. The van der Waals surface area contributed by atoms with E-state index in [4.69, 9.17) is 0 Å². The van der Waals surface area contributed by atoms with Gasteiger partial charge in [0.05, 0.1) is 17.1 Å². The Bertz CT molecular complexity index is 1190. The zero-order chi connectivity index (χ0) is 20.4. The Kier molecular flexibility index (Phi) is 4.83. The minimum atomic E-state index is -0.438. The average molecular weight is 385 g/mol. The van der Waals surface area contributed by atoms with Crippen LogP contribution in [0.4, 0.5) is 0 Å². The van der Waals surface area contributed by atoms with Gasteiger partial charge in [0.1, 0.15) is 5.69 Å². The molecule has 0 aliphatic heterocycles. The molecule has 29 heavy (non-hydrogen) atoms. The first kappa shape index (κ1) is 18.4. The van der Waals surface area contributed by atoms with E-state index in [1.54, 1.807) is 37.3 Å². The van der Waals surface area contributed by atoms with Gasteiger partial charge in [0.15, 0.2) is 18.1 Å². The lowest BCUT2D eigenvalue weighted by molar-refractivity contribution is -0.606. The number of rotatable bonds is 4. The summed E-state index contributed by atoms with van der Waals surface area (Å²) in [4.78, 5) is 17.7. The Balaban J connectivity index is 1.79. The third kappa shape index (κ3) is 3.60. The third-order valence-electron chi connectivity index (χ3n) is 4.79. The quantitative estimate of drug-likeness (QED) is 0.414. The lowest BCUT2D eigenvalue weighted by Crippen LogP contribution is -2.30. The molecule has 6 heteroatoms. The van der Waals surface area contributed by atoms with Crippen molar-refractivity contribution in [1.29, 1.82) is 0 Å². The van der Waals surface area contributed by atoms with Crippen LogP contribution in [0.15, 0.2) is 79.1 Å². The summed E-state index contributed by atoms with van der Waals surface area (Å²) in [6.45, 7) is 1.78. The highest BCUT2D eigenvalue weighted by molar-refractivity contribution is 6.10. The number of nitrogens with zero attached hydrogens (tertiary/aromatic N) is 2. The van der Waals surface area contributed by atoms with Crippen molar-refractivity contribution in [2.45, 2.75) is 13.0 Å². The van der Waals surface area contributed by atoms with Gasteiger partial charge in [-0.25, -0.2) is 4.98 Å². The van der Waals surface area contributed by atoms with Gasteiger partial charge in [-0.1, -0.05) is 48.5 Å². The van der Waals surface area contributed by atoms with Gasteiger partial charge in [0, 0.05) is 22.6 Å². The molecular formula is C23H19N3O3. The number of nitrogens with one attached hydrogen (secondary N) is 1. The molecule has 0 aliphatic carbocycles. The minimum Gasteiger partial charge on any atom is -0.619 e. The number of benzene rings is 2. The molecule has 2 aromatic carbocycles. The minimum absolute atomic E-state index is 0.159. The normalized spacial score (nSPS) is 11.9. The molecule has 0 spiro atoms. The van der Waals surface area contributed by atoms with E-state index in [-0.39, 0.29) is 11.3 Å². The Morgan fingerprint density at radius 1 is 1.07 bits per heavy atom. The van der Waals surface area contributed by atoms with Gasteiger partial charge < -0.3 is 15.6 Å². The van der Waals surface area contributed by atoms with Gasteiger partial charge in [0.2, 0.25) is 0 Å². The molecule has 6 nitrogen and oxygen atoms in total. The fraction of sp³-hybridized carbons (Fsp3) is 0.0870. The van der Waals surface area contributed by atoms with E-state index in [2.05, 4.69) is 10.3 Å². The van der Waals surface area contributed by atoms with E-state index in [9.17, 15) is 15.1 Å². The highest BCUT2D eigenvalue weighted by Crippen LogP contribution is 2.35. The van der Waals surface area contributed by atoms with Crippen LogP contribution in [0, 0.1) is 5.21 Å². The molecule has 2 heterocycles. The first-order valence-electron chi connectivity index (χ1n) is 9.21. The molecular weight excluding hydrogens is 366 g/mol. The van der Waals surface area contributed by atoms with Crippen LogP contribution in [0.2, 0.25) is 0 Å². The van der Waals surface area contributed by atoms with E-state index in [1.807, 2.05) is 36.4 Å². The largest absolute Gasteiger partial charge is 0.619 e. The average Bonchev–Trinajstić information content (AvgIpc) is 2.73. The number of para-hydroxylation sites is 1. The van der Waals surface area contributed by atoms with Gasteiger partial charge in [0.25, 0.3) is 5.91 Å². The number of aromatic hydroxyl groups is 1. The molecule has 0 radical (unpaired) electrons. The number of fused-ring (bicyclic) bond motifs is 1. The number of hydrogen-bond acceptors (Lipinski definition) is 4. The molecule has 1 unspecified atom stereocenters. The molecule has 0 bridgehead atoms. The zero-order valence-corrected chi connectivity index (χ0v) is 15.7. The van der Waals surface area contributed by atoms with Gasteiger partial charge in [-0.2, -0.15) is 4.73 Å². The summed E-state index contributed by atoms with van der Waals surface area (Å²) >= 11 is 0. The van der Waals surface area contributed by atoms with E-state index < -0.39 is 11.9 Å². The predicted octanol–water partition coefficient (Wildman–Crippen LogP) is 3.73. The summed E-state index contributed by atoms with van der Waals surface area (Å²) in [5, 5.41) is 25.9. The van der Waals surface area contributed by atoms with Crippen molar-refractivity contribution in [1.82, 2.24) is 10.3 Å². The monoisotopic (exact) mass is 385 g/mol. The summed E-state index contributed by atoms with van der Waals surface area (Å²) in [7, 11) is 0. The van der Waals surface area contributed by atoms with Gasteiger partial charge in [-0.05, 0) is 19.1 Å². The van der Waals surface area contributed by atoms with E-state index in [0.717, 1.165) is 0 Å². The van der Waals surface area contributed by atoms with E-state index in [0.29, 0.717) is 32.5 Å². The van der Waals surface area contributed by atoms with Crippen molar-refractivity contribution in [2.24, 2.45) is 0 Å². The molecule has 144 valence electrons. The second-order valence-electron chi connectivity index (χ2n) is 6.76. The van der Waals surface area contributed by atoms with Gasteiger partial charge in [-0.3, -0.25) is 4.79 Å². The van der Waals surface area contributed by atoms with Crippen molar-refractivity contribution < 1.29 is 14.6 Å². The highest BCUT2D eigenvalue weighted by Gasteiger charge is 2.23. The van der Waals surface area contributed by atoms with Crippen molar-refractivity contribution in [2.75, 3.05) is 0 Å². The third-order valence-corrected chi connectivity index (χ3v) is 4.79. The standard InChI is InChI=1S/C23H19N3O3/c1-15(17-10-7-13-26(29)14-17)24-23(28)20-18-11-5-6-12-19(18)25-21(22(20)27)16-8-3-2-4-9-16/h2-15,27H,1H3,(H,24,28). The maximum atomic E-state index is 13.1. The molecule has 1 atom stereocenters. The summed E-state index contributed by atoms with van der Waals surface area (Å²) in [5.41, 5.74) is 2.50. The Hall–Kier alpha value is -3.93. The second kappa shape index (κ2) is 7.59. The molecule has 2 aromatic heterocycles. The van der Waals surface area contributed by atoms with E-state index >= 15 is 0 Å². The lowest BCUT2D eigenvalue weighted by Gasteiger charge is -2.17. The number of carbonyl (C=O) groups excluding carboxylic acids is 1. The number of amides is 1. The Morgan fingerprint density at radius 3 is 2.55 bits per heavy atom. The maximum absolute atomic E-state index is 13.1. The first-order valence-corrected chi connectivity index (χ1v) is 9.21. The molecule has 0 saturated carbocycles. The van der Waals surface area contributed by atoms with Crippen LogP contribution in [0.5, 0.6) is 5.75 Å². The molecule has 0 saturated heterocycles. The van der Waals surface area contributed by atoms with Gasteiger partial charge >= 0.3 is 0 Å². The van der Waals surface area contributed by atoms with Crippen LogP contribution in [-0.2, 0) is 0 Å². The molecule has 4 rings (SSSR count). The molecule has 0 fully saturated rings. The van der Waals surface area contributed by atoms with Crippen LogP contribution >= 0.6 is 0 Å². The summed E-state index contributed by atoms with van der Waals surface area (Å²) in [6, 6.07) is 19.4. The van der Waals surface area contributed by atoms with Crippen LogP contribution in [0.3, 0.4) is 0 Å². The predicted molar refractivity (Wildman–Crippen MR) is 110 cm³/mol. The lowest BCUT2D eigenvalue weighted by atomic mass is 10.0. The first-order chi connectivity index (χ1) is 14.0. The highest BCUT2D eigenvalue weighted by atomic mass is 16.5. The van der Waals surface area contributed by atoms with Crippen LogP contribution in [0.1, 0.15) is 28.9 Å². The van der Waals surface area contributed by atoms with Crippen molar-refractivity contribution >= 4 is 16.8 Å². The summed E-state index contributed by atoms with van der Waals surface area (Å²) in [6.07, 6.45) is 2.79. The van der Waals surface area contributed by atoms with Crippen molar-refractivity contribution in [3.05, 3.63) is 95.5 Å². The molecule has 2 N–H and O–H groups in total. The fourth-order valence-corrected chi connectivity index (χ4v) is 3.31. The number of hydrogen-bond donors (Lipinski definition) is 2. The second-order valence-corrected chi connectivity index (χ2v) is 6.76. The van der Waals surface area contributed by atoms with Crippen LogP contribution in [0.25, 0.3) is 22.2 Å². The fourth-order valence-electron chi connectivity index (χ4n) is 3.31. The Morgan fingerprint density at radius 2 is 1.79 bits per heavy atom. The summed E-state index contributed by atoms with van der Waals surface area (Å²) in [5.74, 6) is -0.612. The van der Waals surface area contributed by atoms with Crippen molar-refractivity contribution in [3.8, 4) is 17.0 Å². The van der Waals surface area contributed by atoms with Crippen molar-refractivity contribution in [3.63, 3.8) is 0 Å². The number of aromatic nitrogens is 2. The maximum Gasteiger partial charge on any atom is 0.256 e. The summed E-state index contributed by atoms with van der Waals surface area (Å²) < 4.78 is 0.685. The van der Waals surface area contributed by atoms with Crippen LogP contribution in [-0.4, -0.2) is 16.0 Å².